The molecule has 0 amide bonds. The zero-order valence-corrected chi connectivity index (χ0v) is 11.3. The lowest BCUT2D eigenvalue weighted by atomic mass is 10.3. The minimum Gasteiger partial charge on any atom is -0.466 e. The first-order chi connectivity index (χ1) is 8.09. The average molecular weight is 250 g/mol. The largest absolute Gasteiger partial charge is 0.466 e. The zero-order chi connectivity index (χ0) is 12.7. The summed E-state index contributed by atoms with van der Waals surface area (Å²) in [5.74, 6) is 0.746. The van der Waals surface area contributed by atoms with Crippen LogP contribution in [0.25, 0.3) is 0 Å². The van der Waals surface area contributed by atoms with E-state index in [0.717, 1.165) is 11.3 Å². The molecule has 0 saturated carbocycles. The predicted octanol–water partition coefficient (Wildman–Crippen LogP) is 2.67. The molecule has 0 aliphatic carbocycles. The Bertz CT molecular complexity index is 408. The third-order valence-electron chi connectivity index (χ3n) is 2.01. The minimum atomic E-state index is -0.268. The van der Waals surface area contributed by atoms with Gasteiger partial charge in [0, 0.05) is 12.4 Å². The van der Waals surface area contributed by atoms with Gasteiger partial charge in [-0.15, -0.1) is 12.6 Å². The molecule has 1 unspecified atom stereocenters. The van der Waals surface area contributed by atoms with Crippen molar-refractivity contribution in [3.05, 3.63) is 48.3 Å². The second kappa shape index (κ2) is 7.14. The fraction of sp³-hybridized carbons (Fsp3) is 0.308. The van der Waals surface area contributed by atoms with Gasteiger partial charge in [0.25, 0.3) is 0 Å². The van der Waals surface area contributed by atoms with Crippen LogP contribution in [0.4, 0.5) is 0 Å². The van der Waals surface area contributed by atoms with Crippen LogP contribution in [0.3, 0.4) is 0 Å². The molecular formula is C13H18N2OS. The molecule has 1 aromatic heterocycles. The Morgan fingerprint density at radius 1 is 1.24 bits per heavy atom. The Labute approximate surface area is 108 Å². The highest BCUT2D eigenvalue weighted by Gasteiger charge is 2.04. The van der Waals surface area contributed by atoms with Crippen molar-refractivity contribution in [2.75, 3.05) is 14.1 Å². The number of aryl methyl sites for hydroxylation is 1. The monoisotopic (exact) mass is 250 g/mol. The van der Waals surface area contributed by atoms with Crippen molar-refractivity contribution < 1.29 is 4.74 Å². The van der Waals surface area contributed by atoms with Gasteiger partial charge in [0.2, 0.25) is 0 Å². The van der Waals surface area contributed by atoms with Crippen LogP contribution in [0.1, 0.15) is 5.56 Å². The molecule has 1 atom stereocenters. The highest BCUT2D eigenvalue weighted by Crippen LogP contribution is 2.11. The lowest BCUT2D eigenvalue weighted by Gasteiger charge is -2.19. The Kier molecular flexibility index (Phi) is 5.80. The molecule has 3 nitrogen and oxygen atoms in total. The van der Waals surface area contributed by atoms with E-state index in [0.29, 0.717) is 0 Å². The first-order valence-corrected chi connectivity index (χ1v) is 5.87. The quantitative estimate of drug-likeness (QED) is 0.659. The Hall–Kier alpha value is -1.26. The highest BCUT2D eigenvalue weighted by atomic mass is 32.1. The molecule has 0 radical (unpaired) electrons. The number of ether oxygens (including phenoxy) is 1. The maximum Gasteiger partial charge on any atom is 0.197 e. The molecule has 1 aromatic rings. The van der Waals surface area contributed by atoms with Crippen LogP contribution in [-0.2, 0) is 0 Å². The molecule has 1 rings (SSSR count). The second-order valence-electron chi connectivity index (χ2n) is 3.87. The van der Waals surface area contributed by atoms with Gasteiger partial charge in [-0.3, -0.25) is 9.88 Å². The summed E-state index contributed by atoms with van der Waals surface area (Å²) in [4.78, 5) is 6.00. The highest BCUT2D eigenvalue weighted by molar-refractivity contribution is 7.80. The maximum absolute atomic E-state index is 5.65. The van der Waals surface area contributed by atoms with Crippen molar-refractivity contribution in [2.24, 2.45) is 0 Å². The van der Waals surface area contributed by atoms with E-state index in [1.54, 1.807) is 6.20 Å². The summed E-state index contributed by atoms with van der Waals surface area (Å²) in [6.07, 6.45) is 3.53. The van der Waals surface area contributed by atoms with Gasteiger partial charge in [-0.2, -0.15) is 0 Å². The summed E-state index contributed by atoms with van der Waals surface area (Å²) in [6.45, 7) is 1.99. The number of rotatable bonds is 3. The van der Waals surface area contributed by atoms with Crippen LogP contribution in [0.2, 0.25) is 0 Å². The minimum absolute atomic E-state index is 0.268. The molecule has 0 spiro atoms. The molecule has 4 heteroatoms. The summed E-state index contributed by atoms with van der Waals surface area (Å²) in [5.41, 5.74) is 0.818. The average Bonchev–Trinajstić information content (AvgIpc) is 2.28. The van der Waals surface area contributed by atoms with Gasteiger partial charge in [0.05, 0.1) is 0 Å². The summed E-state index contributed by atoms with van der Waals surface area (Å²) in [7, 11) is 3.82. The molecule has 0 N–H and O–H groups in total. The molecular weight excluding hydrogens is 232 g/mol. The van der Waals surface area contributed by atoms with E-state index in [9.17, 15) is 0 Å². The lowest BCUT2D eigenvalue weighted by molar-refractivity contribution is 0.147. The smallest absolute Gasteiger partial charge is 0.197 e. The van der Waals surface area contributed by atoms with E-state index in [1.165, 1.54) is 0 Å². The summed E-state index contributed by atoms with van der Waals surface area (Å²) >= 11 is 4.32. The zero-order valence-electron chi connectivity index (χ0n) is 10.4. The van der Waals surface area contributed by atoms with Crippen molar-refractivity contribution in [1.29, 1.82) is 0 Å². The Morgan fingerprint density at radius 2 is 1.94 bits per heavy atom. The van der Waals surface area contributed by atoms with Crippen molar-refractivity contribution >= 4 is 12.6 Å². The first-order valence-electron chi connectivity index (χ1n) is 5.36. The van der Waals surface area contributed by atoms with Gasteiger partial charge < -0.3 is 4.74 Å². The van der Waals surface area contributed by atoms with Crippen LogP contribution in [0.15, 0.2) is 42.7 Å². The topological polar surface area (TPSA) is 25.4 Å². The van der Waals surface area contributed by atoms with E-state index >= 15 is 0 Å². The molecule has 0 aliphatic heterocycles. The van der Waals surface area contributed by atoms with E-state index in [-0.39, 0.29) is 5.56 Å². The third-order valence-corrected chi connectivity index (χ3v) is 2.58. The SMILES string of the molecule is Cc1cccc(OC(S)N(C)C)cccnc1. The van der Waals surface area contributed by atoms with Crippen molar-refractivity contribution in [2.45, 2.75) is 12.5 Å². The lowest BCUT2D eigenvalue weighted by Crippen LogP contribution is -2.27. The molecule has 0 bridgehead atoms. The number of hydrogen-bond acceptors (Lipinski definition) is 4. The van der Waals surface area contributed by atoms with Gasteiger partial charge in [0.15, 0.2) is 5.56 Å². The summed E-state index contributed by atoms with van der Waals surface area (Å²) < 4.78 is 5.65. The van der Waals surface area contributed by atoms with Gasteiger partial charge in [-0.25, -0.2) is 0 Å². The maximum atomic E-state index is 5.65. The fourth-order valence-corrected chi connectivity index (χ4v) is 1.17. The van der Waals surface area contributed by atoms with E-state index < -0.39 is 0 Å². The Balaban J connectivity index is 2.96. The molecule has 0 aliphatic rings. The van der Waals surface area contributed by atoms with Crippen molar-refractivity contribution in [1.82, 2.24) is 9.88 Å². The molecule has 17 heavy (non-hydrogen) atoms. The van der Waals surface area contributed by atoms with E-state index in [4.69, 9.17) is 4.74 Å². The molecule has 0 fully saturated rings. The van der Waals surface area contributed by atoms with Gasteiger partial charge in [-0.05, 0) is 44.8 Å². The Morgan fingerprint density at radius 3 is 2.65 bits per heavy atom. The van der Waals surface area contributed by atoms with Crippen LogP contribution in [0.5, 0.6) is 5.75 Å². The van der Waals surface area contributed by atoms with Gasteiger partial charge in [-0.1, -0.05) is 12.1 Å². The number of thiol groups is 1. The van der Waals surface area contributed by atoms with Crippen molar-refractivity contribution in [3.8, 4) is 5.75 Å². The standard InChI is InChI=1S/C13H18N2OS/c1-11-6-4-7-12(8-5-9-14-10-11)16-13(17)15(2)3/h4-10,13,17H,1-3H3. The van der Waals surface area contributed by atoms with Crippen molar-refractivity contribution in [3.63, 3.8) is 0 Å². The summed E-state index contributed by atoms with van der Waals surface area (Å²) in [5, 5.41) is 0. The number of aromatic nitrogens is 1. The van der Waals surface area contributed by atoms with Crippen LogP contribution in [-0.4, -0.2) is 29.5 Å². The molecule has 1 heterocycles. The first kappa shape index (κ1) is 13.8. The van der Waals surface area contributed by atoms with E-state index in [1.807, 2.05) is 62.4 Å². The van der Waals surface area contributed by atoms with Crippen LogP contribution in [0, 0.1) is 6.92 Å². The summed E-state index contributed by atoms with van der Waals surface area (Å²) in [6, 6.07) is 9.51. The second-order valence-corrected chi connectivity index (χ2v) is 4.31. The number of nitrogens with zero attached hydrogens (tertiary/aromatic N) is 2. The molecule has 0 saturated heterocycles. The van der Waals surface area contributed by atoms with E-state index in [2.05, 4.69) is 17.6 Å². The molecule has 92 valence electrons. The van der Waals surface area contributed by atoms with Gasteiger partial charge in [0.1, 0.15) is 5.75 Å². The van der Waals surface area contributed by atoms with Gasteiger partial charge >= 0.3 is 0 Å². The van der Waals surface area contributed by atoms with Crippen LogP contribution < -0.4 is 4.74 Å². The number of hydrogen-bond donors (Lipinski definition) is 1. The third kappa shape index (κ3) is 5.56. The fourth-order valence-electron chi connectivity index (χ4n) is 1.05. The predicted molar refractivity (Wildman–Crippen MR) is 73.7 cm³/mol. The molecule has 0 aromatic carbocycles. The van der Waals surface area contributed by atoms with Crippen LogP contribution >= 0.6 is 12.6 Å². The normalized spacial score (nSPS) is 11.8.